The van der Waals surface area contributed by atoms with Crippen molar-refractivity contribution in [1.82, 2.24) is 4.57 Å². The molecule has 0 radical (unpaired) electrons. The zero-order chi connectivity index (χ0) is 23.5. The first-order valence-electron chi connectivity index (χ1n) is 11.2. The van der Waals surface area contributed by atoms with Gasteiger partial charge in [-0.25, -0.2) is 0 Å². The fraction of sp³-hybridized carbons (Fsp3) is 0.100. The average Bonchev–Trinajstić information content (AvgIpc) is 2.91. The van der Waals surface area contributed by atoms with E-state index in [9.17, 15) is 4.79 Å². The van der Waals surface area contributed by atoms with Crippen LogP contribution in [0.25, 0.3) is 27.8 Å². The number of pyridine rings is 1. The second kappa shape index (κ2) is 9.28. The zero-order valence-corrected chi connectivity index (χ0v) is 19.2. The lowest BCUT2D eigenvalue weighted by Gasteiger charge is -2.22. The Hall–Kier alpha value is -4.31. The minimum Gasteiger partial charge on any atom is -0.493 e. The van der Waals surface area contributed by atoms with Gasteiger partial charge in [-0.15, -0.1) is 0 Å². The first-order valence-corrected chi connectivity index (χ1v) is 11.2. The highest BCUT2D eigenvalue weighted by Crippen LogP contribution is 2.36. The van der Waals surface area contributed by atoms with E-state index in [0.29, 0.717) is 23.3 Å². The Balaban J connectivity index is 1.96. The van der Waals surface area contributed by atoms with Gasteiger partial charge in [0, 0.05) is 23.7 Å². The Kier molecular flexibility index (Phi) is 5.88. The molecule has 4 nitrogen and oxygen atoms in total. The van der Waals surface area contributed by atoms with Gasteiger partial charge in [-0.05, 0) is 29.3 Å². The van der Waals surface area contributed by atoms with E-state index in [2.05, 4.69) is 41.0 Å². The van der Waals surface area contributed by atoms with Crippen molar-refractivity contribution < 1.29 is 9.47 Å². The number of hydrogen-bond donors (Lipinski definition) is 0. The number of aromatic nitrogens is 1. The largest absolute Gasteiger partial charge is 0.493 e. The quantitative estimate of drug-likeness (QED) is 0.308. The molecule has 0 fully saturated rings. The van der Waals surface area contributed by atoms with Gasteiger partial charge in [0.05, 0.1) is 30.8 Å². The number of fused-ring (bicyclic) bond motifs is 1. The Morgan fingerprint density at radius 1 is 0.706 bits per heavy atom. The van der Waals surface area contributed by atoms with Crippen LogP contribution in [-0.4, -0.2) is 18.8 Å². The maximum absolute atomic E-state index is 14.1. The number of rotatable bonds is 6. The molecule has 0 spiro atoms. The summed E-state index contributed by atoms with van der Waals surface area (Å²) in [4.78, 5) is 14.1. The molecular weight excluding hydrogens is 422 g/mol. The van der Waals surface area contributed by atoms with Crippen molar-refractivity contribution in [2.75, 3.05) is 14.2 Å². The first kappa shape index (κ1) is 21.5. The molecule has 168 valence electrons. The maximum atomic E-state index is 14.1. The van der Waals surface area contributed by atoms with Crippen molar-refractivity contribution in [3.05, 3.63) is 124 Å². The van der Waals surface area contributed by atoms with E-state index < -0.39 is 0 Å². The third-order valence-electron chi connectivity index (χ3n) is 6.06. The van der Waals surface area contributed by atoms with E-state index in [1.807, 2.05) is 60.7 Å². The molecule has 0 saturated heterocycles. The number of ether oxygens (including phenoxy) is 2. The molecule has 0 bridgehead atoms. The molecule has 0 saturated carbocycles. The number of methoxy groups -OCH3 is 2. The SMILES string of the molecule is COc1cc2c(=O)c(Cc3ccccc3)c(-c3ccccc3)n(-c3ccccc3)c2cc1OC. The smallest absolute Gasteiger partial charge is 0.193 e. The van der Waals surface area contributed by atoms with Crippen LogP contribution in [0.5, 0.6) is 11.5 Å². The second-order valence-corrected chi connectivity index (χ2v) is 8.08. The lowest BCUT2D eigenvalue weighted by molar-refractivity contribution is 0.355. The summed E-state index contributed by atoms with van der Waals surface area (Å²) in [6.07, 6.45) is 0.515. The van der Waals surface area contributed by atoms with Crippen LogP contribution >= 0.6 is 0 Å². The van der Waals surface area contributed by atoms with E-state index in [1.165, 1.54) is 0 Å². The Bertz CT molecular complexity index is 1490. The van der Waals surface area contributed by atoms with Crippen LogP contribution in [0, 0.1) is 0 Å². The van der Waals surface area contributed by atoms with Crippen LogP contribution in [0.3, 0.4) is 0 Å². The zero-order valence-electron chi connectivity index (χ0n) is 19.2. The summed E-state index contributed by atoms with van der Waals surface area (Å²) < 4.78 is 13.3. The number of benzene rings is 4. The third-order valence-corrected chi connectivity index (χ3v) is 6.06. The highest BCUT2D eigenvalue weighted by Gasteiger charge is 2.22. The van der Waals surface area contributed by atoms with Crippen molar-refractivity contribution in [3.63, 3.8) is 0 Å². The van der Waals surface area contributed by atoms with E-state index >= 15 is 0 Å². The molecule has 0 aliphatic carbocycles. The summed E-state index contributed by atoms with van der Waals surface area (Å²) in [6.45, 7) is 0. The summed E-state index contributed by atoms with van der Waals surface area (Å²) in [5.41, 5.74) is 5.40. The van der Waals surface area contributed by atoms with E-state index in [1.54, 1.807) is 20.3 Å². The van der Waals surface area contributed by atoms with Crippen LogP contribution in [0.2, 0.25) is 0 Å². The molecule has 4 aromatic carbocycles. The van der Waals surface area contributed by atoms with Crippen molar-refractivity contribution in [3.8, 4) is 28.4 Å². The minimum absolute atomic E-state index is 0.00848. The van der Waals surface area contributed by atoms with Crippen LogP contribution in [0.4, 0.5) is 0 Å². The average molecular weight is 448 g/mol. The fourth-order valence-electron chi connectivity index (χ4n) is 4.47. The Morgan fingerprint density at radius 2 is 1.26 bits per heavy atom. The number of para-hydroxylation sites is 1. The summed E-state index contributed by atoms with van der Waals surface area (Å²) in [5, 5.41) is 0.590. The Labute approximate surface area is 198 Å². The summed E-state index contributed by atoms with van der Waals surface area (Å²) in [5.74, 6) is 1.11. The predicted molar refractivity (Wildman–Crippen MR) is 137 cm³/mol. The molecule has 0 N–H and O–H groups in total. The van der Waals surface area contributed by atoms with Crippen molar-refractivity contribution in [2.24, 2.45) is 0 Å². The molecule has 34 heavy (non-hydrogen) atoms. The molecule has 0 aliphatic rings. The van der Waals surface area contributed by atoms with Gasteiger partial charge in [0.25, 0.3) is 0 Å². The number of nitrogens with zero attached hydrogens (tertiary/aromatic N) is 1. The second-order valence-electron chi connectivity index (χ2n) is 8.08. The predicted octanol–water partition coefficient (Wildman–Crippen LogP) is 6.27. The van der Waals surface area contributed by atoms with Gasteiger partial charge in [0.2, 0.25) is 0 Å². The standard InChI is InChI=1S/C30H25NO3/c1-33-27-19-24-26(20-28(27)34-2)31(23-16-10-5-11-17-23)29(22-14-8-4-9-15-22)25(30(24)32)18-21-12-6-3-7-13-21/h3-17,19-20H,18H2,1-2H3. The molecule has 0 amide bonds. The van der Waals surface area contributed by atoms with E-state index in [0.717, 1.165) is 33.6 Å². The normalized spacial score (nSPS) is 10.9. The minimum atomic E-state index is -0.00848. The lowest BCUT2D eigenvalue weighted by Crippen LogP contribution is -2.18. The first-order chi connectivity index (χ1) is 16.7. The maximum Gasteiger partial charge on any atom is 0.193 e. The molecule has 0 aliphatic heterocycles. The van der Waals surface area contributed by atoms with Gasteiger partial charge in [-0.3, -0.25) is 4.79 Å². The third kappa shape index (κ3) is 3.84. The van der Waals surface area contributed by atoms with Gasteiger partial charge in [0.1, 0.15) is 0 Å². The topological polar surface area (TPSA) is 40.5 Å². The molecule has 0 unspecified atom stereocenters. The monoisotopic (exact) mass is 447 g/mol. The van der Waals surface area contributed by atoms with Crippen molar-refractivity contribution in [2.45, 2.75) is 6.42 Å². The van der Waals surface area contributed by atoms with Crippen LogP contribution < -0.4 is 14.9 Å². The van der Waals surface area contributed by atoms with Gasteiger partial charge in [-0.1, -0.05) is 78.9 Å². The van der Waals surface area contributed by atoms with Crippen molar-refractivity contribution >= 4 is 10.9 Å². The molecular formula is C30H25NO3. The summed E-state index contributed by atoms with van der Waals surface area (Å²) >= 11 is 0. The molecule has 5 rings (SSSR count). The molecule has 1 aromatic heterocycles. The molecule has 1 heterocycles. The summed E-state index contributed by atoms with van der Waals surface area (Å²) in [7, 11) is 3.19. The van der Waals surface area contributed by atoms with Crippen LogP contribution in [0.1, 0.15) is 11.1 Å². The highest BCUT2D eigenvalue weighted by molar-refractivity contribution is 5.89. The molecule has 5 aromatic rings. The molecule has 0 atom stereocenters. The van der Waals surface area contributed by atoms with E-state index in [4.69, 9.17) is 9.47 Å². The Morgan fingerprint density at radius 3 is 1.88 bits per heavy atom. The van der Waals surface area contributed by atoms with Gasteiger partial charge >= 0.3 is 0 Å². The lowest BCUT2D eigenvalue weighted by atomic mass is 9.95. The van der Waals surface area contributed by atoms with Gasteiger partial charge in [0.15, 0.2) is 16.9 Å². The fourth-order valence-corrected chi connectivity index (χ4v) is 4.47. The highest BCUT2D eigenvalue weighted by atomic mass is 16.5. The van der Waals surface area contributed by atoms with Crippen LogP contribution in [-0.2, 0) is 6.42 Å². The van der Waals surface area contributed by atoms with Gasteiger partial charge < -0.3 is 14.0 Å². The number of hydrogen-bond acceptors (Lipinski definition) is 3. The summed E-state index contributed by atoms with van der Waals surface area (Å²) in [6, 6.07) is 34.0. The van der Waals surface area contributed by atoms with Gasteiger partial charge in [-0.2, -0.15) is 0 Å². The van der Waals surface area contributed by atoms with Crippen molar-refractivity contribution in [1.29, 1.82) is 0 Å². The molecule has 4 heteroatoms. The van der Waals surface area contributed by atoms with E-state index in [-0.39, 0.29) is 5.43 Å². The van der Waals surface area contributed by atoms with Crippen LogP contribution in [0.15, 0.2) is 108 Å².